The summed E-state index contributed by atoms with van der Waals surface area (Å²) in [6.45, 7) is 5.34. The van der Waals surface area contributed by atoms with Crippen molar-refractivity contribution in [1.29, 1.82) is 0 Å². The van der Waals surface area contributed by atoms with E-state index in [9.17, 15) is 17.6 Å². The number of amides is 1. The molecule has 118 valence electrons. The van der Waals surface area contributed by atoms with E-state index in [1.165, 1.54) is 12.1 Å². The maximum absolute atomic E-state index is 13.8. The summed E-state index contributed by atoms with van der Waals surface area (Å²) in [7, 11) is -3.61. The standard InChI is InChI=1S/C14H21FN2O3S/c1-8(2)13(16)14(18)17-9(3)10-5-6-12(11(15)7-10)21(4,19)20/h5-9,13H,16H2,1-4H3,(H,17,18)/t9?,13-/m0/s1. The fourth-order valence-corrected chi connectivity index (χ4v) is 2.51. The molecule has 0 aliphatic heterocycles. The molecule has 0 spiro atoms. The van der Waals surface area contributed by atoms with Gasteiger partial charge in [0, 0.05) is 6.26 Å². The lowest BCUT2D eigenvalue weighted by molar-refractivity contribution is -0.123. The Hall–Kier alpha value is -1.47. The number of benzene rings is 1. The quantitative estimate of drug-likeness (QED) is 0.859. The van der Waals surface area contributed by atoms with Gasteiger partial charge in [-0.05, 0) is 30.5 Å². The van der Waals surface area contributed by atoms with Crippen molar-refractivity contribution in [2.24, 2.45) is 11.7 Å². The molecule has 3 N–H and O–H groups in total. The van der Waals surface area contributed by atoms with E-state index in [1.807, 2.05) is 13.8 Å². The summed E-state index contributed by atoms with van der Waals surface area (Å²) < 4.78 is 36.5. The summed E-state index contributed by atoms with van der Waals surface area (Å²) in [6, 6.07) is 2.68. The minimum atomic E-state index is -3.61. The Morgan fingerprint density at radius 1 is 1.29 bits per heavy atom. The second-order valence-corrected chi connectivity index (χ2v) is 7.45. The molecule has 21 heavy (non-hydrogen) atoms. The molecule has 1 rings (SSSR count). The van der Waals surface area contributed by atoms with E-state index in [2.05, 4.69) is 5.32 Å². The van der Waals surface area contributed by atoms with E-state index in [4.69, 9.17) is 5.73 Å². The van der Waals surface area contributed by atoms with Crippen molar-refractivity contribution in [3.8, 4) is 0 Å². The lowest BCUT2D eigenvalue weighted by Gasteiger charge is -2.20. The topological polar surface area (TPSA) is 89.3 Å². The molecule has 5 nitrogen and oxygen atoms in total. The number of nitrogens with one attached hydrogen (secondary N) is 1. The van der Waals surface area contributed by atoms with E-state index < -0.39 is 27.7 Å². The van der Waals surface area contributed by atoms with Gasteiger partial charge in [0.05, 0.1) is 12.1 Å². The average Bonchev–Trinajstić information content (AvgIpc) is 2.35. The van der Waals surface area contributed by atoms with Crippen molar-refractivity contribution in [3.05, 3.63) is 29.6 Å². The fraction of sp³-hybridized carbons (Fsp3) is 0.500. The predicted octanol–water partition coefficient (Wildman–Crippen LogP) is 1.39. The Kier molecular flexibility index (Phi) is 5.47. The van der Waals surface area contributed by atoms with Gasteiger partial charge in [-0.2, -0.15) is 0 Å². The molecule has 0 radical (unpaired) electrons. The first kappa shape index (κ1) is 17.6. The zero-order valence-electron chi connectivity index (χ0n) is 12.6. The van der Waals surface area contributed by atoms with Crippen LogP contribution in [0.2, 0.25) is 0 Å². The first-order valence-electron chi connectivity index (χ1n) is 6.59. The van der Waals surface area contributed by atoms with Gasteiger partial charge in [0.1, 0.15) is 10.7 Å². The van der Waals surface area contributed by atoms with Crippen LogP contribution < -0.4 is 11.1 Å². The molecule has 0 aliphatic carbocycles. The fourth-order valence-electron chi connectivity index (χ4n) is 1.78. The zero-order valence-corrected chi connectivity index (χ0v) is 13.4. The largest absolute Gasteiger partial charge is 0.348 e. The Labute approximate surface area is 124 Å². The Morgan fingerprint density at radius 2 is 1.86 bits per heavy atom. The maximum Gasteiger partial charge on any atom is 0.237 e. The van der Waals surface area contributed by atoms with Crippen LogP contribution in [-0.4, -0.2) is 26.6 Å². The molecule has 0 aliphatic rings. The van der Waals surface area contributed by atoms with Crippen LogP contribution in [0.15, 0.2) is 23.1 Å². The third-order valence-electron chi connectivity index (χ3n) is 3.24. The lowest BCUT2D eigenvalue weighted by Crippen LogP contribution is -2.44. The summed E-state index contributed by atoms with van der Waals surface area (Å²) in [5.74, 6) is -1.17. The molecule has 0 heterocycles. The van der Waals surface area contributed by atoms with E-state index >= 15 is 0 Å². The Bertz CT molecular complexity index is 629. The minimum Gasteiger partial charge on any atom is -0.348 e. The van der Waals surface area contributed by atoms with E-state index in [-0.39, 0.29) is 16.7 Å². The van der Waals surface area contributed by atoms with Crippen molar-refractivity contribution in [2.75, 3.05) is 6.26 Å². The number of hydrogen-bond donors (Lipinski definition) is 2. The second-order valence-electron chi connectivity index (χ2n) is 5.46. The van der Waals surface area contributed by atoms with Crippen molar-refractivity contribution in [1.82, 2.24) is 5.32 Å². The van der Waals surface area contributed by atoms with Gasteiger partial charge in [0.25, 0.3) is 0 Å². The number of sulfone groups is 1. The number of rotatable bonds is 5. The summed E-state index contributed by atoms with van der Waals surface area (Å²) in [6.07, 6.45) is 0.942. The summed E-state index contributed by atoms with van der Waals surface area (Å²) in [5.41, 5.74) is 6.21. The molecule has 1 aromatic carbocycles. The minimum absolute atomic E-state index is 0.0125. The molecule has 1 unspecified atom stereocenters. The molecule has 1 aromatic rings. The van der Waals surface area contributed by atoms with E-state index in [0.717, 1.165) is 12.3 Å². The maximum atomic E-state index is 13.8. The van der Waals surface area contributed by atoms with Gasteiger partial charge >= 0.3 is 0 Å². The van der Waals surface area contributed by atoms with Gasteiger partial charge in [-0.15, -0.1) is 0 Å². The van der Waals surface area contributed by atoms with Gasteiger partial charge in [-0.3, -0.25) is 4.79 Å². The van der Waals surface area contributed by atoms with Crippen LogP contribution in [0.5, 0.6) is 0 Å². The monoisotopic (exact) mass is 316 g/mol. The normalized spacial score (nSPS) is 14.8. The molecule has 0 bridgehead atoms. The first-order valence-corrected chi connectivity index (χ1v) is 8.48. The van der Waals surface area contributed by atoms with Gasteiger partial charge in [0.15, 0.2) is 9.84 Å². The average molecular weight is 316 g/mol. The highest BCUT2D eigenvalue weighted by Gasteiger charge is 2.21. The van der Waals surface area contributed by atoms with Gasteiger partial charge in [0.2, 0.25) is 5.91 Å². The molecule has 0 aromatic heterocycles. The highest BCUT2D eigenvalue weighted by atomic mass is 32.2. The molecule has 0 saturated heterocycles. The third-order valence-corrected chi connectivity index (χ3v) is 4.37. The molecule has 2 atom stereocenters. The Balaban J connectivity index is 2.92. The Morgan fingerprint density at radius 3 is 2.29 bits per heavy atom. The smallest absolute Gasteiger partial charge is 0.237 e. The van der Waals surface area contributed by atoms with Crippen LogP contribution in [0, 0.1) is 11.7 Å². The predicted molar refractivity (Wildman–Crippen MR) is 78.9 cm³/mol. The highest BCUT2D eigenvalue weighted by molar-refractivity contribution is 7.90. The molecule has 1 amide bonds. The van der Waals surface area contributed by atoms with Gasteiger partial charge in [-0.1, -0.05) is 19.9 Å². The van der Waals surface area contributed by atoms with Crippen LogP contribution >= 0.6 is 0 Å². The van der Waals surface area contributed by atoms with E-state index in [1.54, 1.807) is 6.92 Å². The summed E-state index contributed by atoms with van der Waals surface area (Å²) >= 11 is 0. The van der Waals surface area contributed by atoms with Crippen molar-refractivity contribution >= 4 is 15.7 Å². The molecule has 0 fully saturated rings. The molecule has 0 saturated carbocycles. The van der Waals surface area contributed by atoms with Crippen LogP contribution in [-0.2, 0) is 14.6 Å². The number of nitrogens with two attached hydrogens (primary N) is 1. The number of hydrogen-bond acceptors (Lipinski definition) is 4. The summed E-state index contributed by atoms with van der Waals surface area (Å²) in [4.78, 5) is 11.5. The lowest BCUT2D eigenvalue weighted by atomic mass is 10.0. The van der Waals surface area contributed by atoms with Gasteiger partial charge in [-0.25, -0.2) is 12.8 Å². The van der Waals surface area contributed by atoms with E-state index in [0.29, 0.717) is 5.56 Å². The summed E-state index contributed by atoms with van der Waals surface area (Å²) in [5, 5.41) is 2.68. The number of carbonyl (C=O) groups excluding carboxylic acids is 1. The molecular formula is C14H21FN2O3S. The molecular weight excluding hydrogens is 295 g/mol. The van der Waals surface area contributed by atoms with Crippen molar-refractivity contribution < 1.29 is 17.6 Å². The van der Waals surface area contributed by atoms with Gasteiger partial charge < -0.3 is 11.1 Å². The van der Waals surface area contributed by atoms with Crippen LogP contribution in [0.1, 0.15) is 32.4 Å². The van der Waals surface area contributed by atoms with Crippen molar-refractivity contribution in [3.63, 3.8) is 0 Å². The number of carbonyl (C=O) groups is 1. The SMILES string of the molecule is CC(NC(=O)[C@@H](N)C(C)C)c1ccc(S(C)(=O)=O)c(F)c1. The van der Waals surface area contributed by atoms with Crippen LogP contribution in [0.3, 0.4) is 0 Å². The number of halogens is 1. The zero-order chi connectivity index (χ0) is 16.4. The second kappa shape index (κ2) is 6.53. The highest BCUT2D eigenvalue weighted by Crippen LogP contribution is 2.20. The third kappa shape index (κ3) is 4.50. The molecule has 7 heteroatoms. The van der Waals surface area contributed by atoms with Crippen molar-refractivity contribution in [2.45, 2.75) is 37.8 Å². The first-order chi connectivity index (χ1) is 9.54. The van der Waals surface area contributed by atoms with Crippen LogP contribution in [0.4, 0.5) is 4.39 Å². The van der Waals surface area contributed by atoms with Crippen LogP contribution in [0.25, 0.3) is 0 Å².